The van der Waals surface area contributed by atoms with Crippen molar-refractivity contribution in [1.82, 2.24) is 19.5 Å². The number of ether oxygens (including phenoxy) is 1. The zero-order valence-electron chi connectivity index (χ0n) is 14.6. The smallest absolute Gasteiger partial charge is 0.242 e. The van der Waals surface area contributed by atoms with E-state index in [1.807, 2.05) is 22.9 Å². The lowest BCUT2D eigenvalue weighted by atomic mass is 10.0. The van der Waals surface area contributed by atoms with Crippen LogP contribution in [0.3, 0.4) is 0 Å². The molecule has 1 N–H and O–H groups in total. The molecule has 1 amide bonds. The Morgan fingerprint density at radius 2 is 2.24 bits per heavy atom. The van der Waals surface area contributed by atoms with Gasteiger partial charge in [0.1, 0.15) is 6.04 Å². The van der Waals surface area contributed by atoms with Gasteiger partial charge in [-0.3, -0.25) is 14.7 Å². The summed E-state index contributed by atoms with van der Waals surface area (Å²) in [5.41, 5.74) is 2.74. The fraction of sp³-hybridized carbons (Fsp3) is 0.625. The summed E-state index contributed by atoms with van der Waals surface area (Å²) in [6.45, 7) is 3.18. The molecule has 1 fully saturated rings. The summed E-state index contributed by atoms with van der Waals surface area (Å²) in [4.78, 5) is 21.1. The molecule has 0 saturated carbocycles. The summed E-state index contributed by atoms with van der Waals surface area (Å²) in [6.07, 6.45) is 3.53. The maximum atomic E-state index is 12.8. The van der Waals surface area contributed by atoms with E-state index in [4.69, 9.17) is 4.74 Å². The lowest BCUT2D eigenvalue weighted by Gasteiger charge is -2.37. The summed E-state index contributed by atoms with van der Waals surface area (Å²) in [6, 6.07) is 1.69. The summed E-state index contributed by atoms with van der Waals surface area (Å²) in [5, 5.41) is 0. The summed E-state index contributed by atoms with van der Waals surface area (Å²) < 4.78 is 30.4. The predicted molar refractivity (Wildman–Crippen MR) is 92.3 cm³/mol. The minimum Gasteiger partial charge on any atom is -0.378 e. The third-order valence-corrected chi connectivity index (χ3v) is 5.30. The molecule has 1 saturated heterocycles. The molecule has 1 aromatic rings. The van der Waals surface area contributed by atoms with Crippen LogP contribution >= 0.6 is 0 Å². The molecule has 3 rings (SSSR count). The van der Waals surface area contributed by atoms with Crippen LogP contribution in [0.15, 0.2) is 12.3 Å². The SMILES string of the molecule is CN1CCOC[C@H]1C(=O)N1CCc2ncc(CNS(C)(=O)=O)cc2C1. The molecule has 2 aliphatic rings. The number of nitrogens with one attached hydrogen (secondary N) is 1. The monoisotopic (exact) mass is 368 g/mol. The number of carbonyl (C=O) groups excluding carboxylic acids is 1. The van der Waals surface area contributed by atoms with Crippen molar-refractivity contribution in [2.45, 2.75) is 25.6 Å². The van der Waals surface area contributed by atoms with Crippen LogP contribution < -0.4 is 4.72 Å². The van der Waals surface area contributed by atoms with Crippen molar-refractivity contribution >= 4 is 15.9 Å². The molecule has 1 aromatic heterocycles. The second-order valence-corrected chi connectivity index (χ2v) is 8.46. The Kier molecular flexibility index (Phi) is 5.38. The van der Waals surface area contributed by atoms with Crippen molar-refractivity contribution in [1.29, 1.82) is 0 Å². The highest BCUT2D eigenvalue weighted by atomic mass is 32.2. The van der Waals surface area contributed by atoms with Gasteiger partial charge in [-0.25, -0.2) is 13.1 Å². The molecular weight excluding hydrogens is 344 g/mol. The van der Waals surface area contributed by atoms with Crippen molar-refractivity contribution in [3.05, 3.63) is 29.1 Å². The van der Waals surface area contributed by atoms with Crippen molar-refractivity contribution in [2.24, 2.45) is 0 Å². The van der Waals surface area contributed by atoms with Crippen LogP contribution in [0.1, 0.15) is 16.8 Å². The van der Waals surface area contributed by atoms with Crippen LogP contribution in [0, 0.1) is 0 Å². The first-order valence-electron chi connectivity index (χ1n) is 8.31. The average molecular weight is 368 g/mol. The van der Waals surface area contributed by atoms with Gasteiger partial charge in [0, 0.05) is 44.5 Å². The molecule has 8 nitrogen and oxygen atoms in total. The second kappa shape index (κ2) is 7.36. The first-order chi connectivity index (χ1) is 11.8. The van der Waals surface area contributed by atoms with Crippen molar-refractivity contribution < 1.29 is 17.9 Å². The largest absolute Gasteiger partial charge is 0.378 e. The van der Waals surface area contributed by atoms with E-state index in [1.165, 1.54) is 0 Å². The van der Waals surface area contributed by atoms with E-state index in [-0.39, 0.29) is 18.5 Å². The van der Waals surface area contributed by atoms with Gasteiger partial charge in [-0.05, 0) is 24.2 Å². The van der Waals surface area contributed by atoms with Crippen LogP contribution in [0.4, 0.5) is 0 Å². The van der Waals surface area contributed by atoms with Crippen molar-refractivity contribution in [2.75, 3.05) is 39.6 Å². The van der Waals surface area contributed by atoms with Gasteiger partial charge in [0.05, 0.1) is 19.5 Å². The number of likely N-dealkylation sites (N-methyl/N-ethyl adjacent to an activating group) is 1. The predicted octanol–water partition coefficient (Wildman–Crippen LogP) is -0.654. The number of pyridine rings is 1. The van der Waals surface area contributed by atoms with E-state index in [0.717, 1.165) is 29.6 Å². The van der Waals surface area contributed by atoms with Crippen molar-refractivity contribution in [3.63, 3.8) is 0 Å². The Morgan fingerprint density at radius 3 is 2.96 bits per heavy atom. The van der Waals surface area contributed by atoms with E-state index in [2.05, 4.69) is 9.71 Å². The quantitative estimate of drug-likeness (QED) is 0.759. The Balaban J connectivity index is 1.70. The maximum absolute atomic E-state index is 12.8. The zero-order valence-corrected chi connectivity index (χ0v) is 15.4. The molecule has 0 unspecified atom stereocenters. The number of rotatable bonds is 4. The fourth-order valence-corrected chi connectivity index (χ4v) is 3.56. The fourth-order valence-electron chi connectivity index (χ4n) is 3.13. The first-order valence-corrected chi connectivity index (χ1v) is 10.2. The number of aromatic nitrogens is 1. The lowest BCUT2D eigenvalue weighted by molar-refractivity contribution is -0.143. The number of fused-ring (bicyclic) bond motifs is 1. The van der Waals surface area contributed by atoms with Gasteiger partial charge < -0.3 is 9.64 Å². The molecule has 0 aliphatic carbocycles. The molecule has 1 atom stereocenters. The number of nitrogens with zero attached hydrogens (tertiary/aromatic N) is 3. The molecule has 0 radical (unpaired) electrons. The topological polar surface area (TPSA) is 91.8 Å². The highest BCUT2D eigenvalue weighted by molar-refractivity contribution is 7.88. The third-order valence-electron chi connectivity index (χ3n) is 4.63. The second-order valence-electron chi connectivity index (χ2n) is 6.62. The Labute approximate surface area is 148 Å². The molecular formula is C16H24N4O4S. The Morgan fingerprint density at radius 1 is 1.44 bits per heavy atom. The minimum absolute atomic E-state index is 0.0764. The molecule has 0 bridgehead atoms. The molecule has 2 aliphatic heterocycles. The van der Waals surface area contributed by atoms with Crippen molar-refractivity contribution in [3.8, 4) is 0 Å². The van der Waals surface area contributed by atoms with Crippen LogP contribution in [0.5, 0.6) is 0 Å². The van der Waals surface area contributed by atoms with Gasteiger partial charge in [0.15, 0.2) is 0 Å². The number of carbonyl (C=O) groups is 1. The van der Waals surface area contributed by atoms with Gasteiger partial charge in [0.25, 0.3) is 0 Å². The number of amides is 1. The highest BCUT2D eigenvalue weighted by Crippen LogP contribution is 2.20. The van der Waals surface area contributed by atoms with Crippen LogP contribution in [0.25, 0.3) is 0 Å². The normalized spacial score (nSPS) is 21.8. The molecule has 0 spiro atoms. The van der Waals surface area contributed by atoms with Gasteiger partial charge in [0.2, 0.25) is 15.9 Å². The van der Waals surface area contributed by atoms with Gasteiger partial charge in [-0.2, -0.15) is 0 Å². The molecule has 0 aromatic carbocycles. The van der Waals surface area contributed by atoms with Gasteiger partial charge in [-0.15, -0.1) is 0 Å². The lowest BCUT2D eigenvalue weighted by Crippen LogP contribution is -2.54. The van der Waals surface area contributed by atoms with Gasteiger partial charge >= 0.3 is 0 Å². The molecule has 3 heterocycles. The summed E-state index contributed by atoms with van der Waals surface area (Å²) in [5.74, 6) is 0.0764. The Hall–Kier alpha value is -1.55. The molecule has 9 heteroatoms. The van der Waals surface area contributed by atoms with E-state index in [0.29, 0.717) is 32.7 Å². The standard InChI is InChI=1S/C16H24N4O4S/c1-19-5-6-24-11-15(19)16(21)20-4-3-14-13(10-20)7-12(8-17-14)9-18-25(2,22)23/h7-8,15,18H,3-6,9-11H2,1-2H3/t15-/m0/s1. The summed E-state index contributed by atoms with van der Waals surface area (Å²) >= 11 is 0. The van der Waals surface area contributed by atoms with E-state index >= 15 is 0 Å². The van der Waals surface area contributed by atoms with E-state index in [1.54, 1.807) is 6.20 Å². The van der Waals surface area contributed by atoms with Crippen LogP contribution in [-0.2, 0) is 39.1 Å². The number of hydrogen-bond donors (Lipinski definition) is 1. The maximum Gasteiger partial charge on any atom is 0.242 e. The highest BCUT2D eigenvalue weighted by Gasteiger charge is 2.32. The number of sulfonamides is 1. The number of morpholine rings is 1. The summed E-state index contributed by atoms with van der Waals surface area (Å²) in [7, 11) is -1.31. The third kappa shape index (κ3) is 4.55. The van der Waals surface area contributed by atoms with E-state index in [9.17, 15) is 13.2 Å². The average Bonchev–Trinajstić information content (AvgIpc) is 2.58. The Bertz CT molecular complexity index is 753. The molecule has 138 valence electrons. The number of hydrogen-bond acceptors (Lipinski definition) is 6. The van der Waals surface area contributed by atoms with Crippen LogP contribution in [-0.4, -0.2) is 74.8 Å². The van der Waals surface area contributed by atoms with E-state index < -0.39 is 10.0 Å². The van der Waals surface area contributed by atoms with Gasteiger partial charge in [-0.1, -0.05) is 0 Å². The molecule has 25 heavy (non-hydrogen) atoms. The van der Waals surface area contributed by atoms with Crippen LogP contribution in [0.2, 0.25) is 0 Å². The zero-order chi connectivity index (χ0) is 18.0. The minimum atomic E-state index is -3.25. The first kappa shape index (κ1) is 18.2.